The Bertz CT molecular complexity index is 1170. The Morgan fingerprint density at radius 1 is 1.03 bits per heavy atom. The average Bonchev–Trinajstić information content (AvgIpc) is 3.11. The summed E-state index contributed by atoms with van der Waals surface area (Å²) in [6.07, 6.45) is 8.97. The average molecular weight is 499 g/mol. The van der Waals surface area contributed by atoms with Crippen LogP contribution in [0.2, 0.25) is 10.0 Å². The first-order valence-corrected chi connectivity index (χ1v) is 13.0. The van der Waals surface area contributed by atoms with Gasteiger partial charge in [0.1, 0.15) is 6.29 Å². The van der Waals surface area contributed by atoms with Crippen molar-refractivity contribution in [2.75, 3.05) is 13.1 Å². The van der Waals surface area contributed by atoms with Crippen LogP contribution in [-0.4, -0.2) is 34.7 Å². The van der Waals surface area contributed by atoms with Gasteiger partial charge in [-0.3, -0.25) is 4.79 Å². The van der Waals surface area contributed by atoms with E-state index < -0.39 is 0 Å². The molecule has 0 radical (unpaired) electrons. The quantitative estimate of drug-likeness (QED) is 0.238. The molecule has 1 amide bonds. The van der Waals surface area contributed by atoms with Gasteiger partial charge in [0.25, 0.3) is 5.91 Å². The van der Waals surface area contributed by atoms with Gasteiger partial charge in [0, 0.05) is 52.7 Å². The second-order valence-corrected chi connectivity index (χ2v) is 10.2. The number of rotatable bonds is 9. The second kappa shape index (κ2) is 11.4. The van der Waals surface area contributed by atoms with Gasteiger partial charge in [-0.15, -0.1) is 0 Å². The Balaban J connectivity index is 1.46. The summed E-state index contributed by atoms with van der Waals surface area (Å²) in [6, 6.07) is 13.8. The van der Waals surface area contributed by atoms with Crippen molar-refractivity contribution in [3.05, 3.63) is 69.3 Å². The van der Waals surface area contributed by atoms with E-state index in [1.54, 1.807) is 0 Å². The van der Waals surface area contributed by atoms with Crippen molar-refractivity contribution < 1.29 is 9.59 Å². The molecule has 0 saturated carbocycles. The van der Waals surface area contributed by atoms with E-state index in [1.165, 1.54) is 5.56 Å². The molecule has 6 heteroatoms. The number of aryl methyl sites for hydroxylation is 2. The molecule has 3 aromatic rings. The minimum absolute atomic E-state index is 0.0235. The molecule has 0 bridgehead atoms. The highest BCUT2D eigenvalue weighted by Gasteiger charge is 2.29. The molecular formula is C28H32Cl2N2O2. The van der Waals surface area contributed by atoms with Crippen LogP contribution in [0.25, 0.3) is 10.9 Å². The van der Waals surface area contributed by atoms with Gasteiger partial charge in [-0.2, -0.15) is 0 Å². The monoisotopic (exact) mass is 498 g/mol. The van der Waals surface area contributed by atoms with Crippen LogP contribution in [0, 0.1) is 5.92 Å². The molecule has 1 aliphatic heterocycles. The van der Waals surface area contributed by atoms with Gasteiger partial charge in [-0.25, -0.2) is 0 Å². The van der Waals surface area contributed by atoms with Crippen LogP contribution in [-0.2, 0) is 24.7 Å². The van der Waals surface area contributed by atoms with Crippen LogP contribution in [0.15, 0.2) is 42.5 Å². The minimum atomic E-state index is -0.0702. The number of amides is 1. The van der Waals surface area contributed by atoms with E-state index >= 15 is 0 Å². The van der Waals surface area contributed by atoms with Crippen molar-refractivity contribution >= 4 is 46.3 Å². The van der Waals surface area contributed by atoms with Crippen LogP contribution in [0.5, 0.6) is 0 Å². The Labute approximate surface area is 211 Å². The highest BCUT2D eigenvalue weighted by Crippen LogP contribution is 2.31. The first-order valence-electron chi connectivity index (χ1n) is 12.2. The number of fused-ring (bicyclic) bond motifs is 1. The van der Waals surface area contributed by atoms with Gasteiger partial charge < -0.3 is 14.3 Å². The van der Waals surface area contributed by atoms with Crippen molar-refractivity contribution in [2.24, 2.45) is 13.0 Å². The van der Waals surface area contributed by atoms with E-state index in [1.807, 2.05) is 48.3 Å². The molecule has 1 atom stereocenters. The molecule has 34 heavy (non-hydrogen) atoms. The number of nitrogens with zero attached hydrogens (tertiary/aromatic N) is 2. The zero-order valence-electron chi connectivity index (χ0n) is 19.7. The fraction of sp³-hybridized carbons (Fsp3) is 0.429. The molecule has 1 aliphatic rings. The van der Waals surface area contributed by atoms with Crippen LogP contribution in [0.1, 0.15) is 60.1 Å². The number of unbranched alkanes of at least 4 members (excludes halogenated alkanes) is 3. The lowest BCUT2D eigenvalue weighted by Crippen LogP contribution is -2.40. The lowest BCUT2D eigenvalue weighted by Gasteiger charge is -2.30. The summed E-state index contributed by atoms with van der Waals surface area (Å²) >= 11 is 12.4. The predicted molar refractivity (Wildman–Crippen MR) is 140 cm³/mol. The van der Waals surface area contributed by atoms with Crippen molar-refractivity contribution in [1.29, 1.82) is 0 Å². The molecule has 1 fully saturated rings. The Hall–Kier alpha value is -2.30. The standard InChI is InChI=1S/C28H32Cl2N2O2/c1-31-25-14-13-23(30)17-24(25)27(28(34)32-15-7-10-21(18-32)19-33)26(31)12-5-3-2-4-8-20-9-6-11-22(29)16-20/h6,9,11,13-14,16-17,19,21H,2-5,7-8,10,12,15,18H2,1H3/t21-/m1/s1. The van der Waals surface area contributed by atoms with Gasteiger partial charge >= 0.3 is 0 Å². The van der Waals surface area contributed by atoms with Crippen molar-refractivity contribution in [2.45, 2.75) is 51.4 Å². The van der Waals surface area contributed by atoms with E-state index in [9.17, 15) is 9.59 Å². The third-order valence-electron chi connectivity index (χ3n) is 6.95. The van der Waals surface area contributed by atoms with Crippen LogP contribution in [0.3, 0.4) is 0 Å². The van der Waals surface area contributed by atoms with Gasteiger partial charge in [0.15, 0.2) is 0 Å². The zero-order valence-corrected chi connectivity index (χ0v) is 21.2. The smallest absolute Gasteiger partial charge is 0.256 e. The highest BCUT2D eigenvalue weighted by atomic mass is 35.5. The summed E-state index contributed by atoms with van der Waals surface area (Å²) in [5.74, 6) is -0.0467. The Morgan fingerprint density at radius 2 is 1.79 bits per heavy atom. The van der Waals surface area contributed by atoms with Crippen LogP contribution in [0.4, 0.5) is 0 Å². The zero-order chi connectivity index (χ0) is 24.1. The summed E-state index contributed by atoms with van der Waals surface area (Å²) in [6.45, 7) is 1.20. The summed E-state index contributed by atoms with van der Waals surface area (Å²) in [5.41, 5.74) is 4.12. The highest BCUT2D eigenvalue weighted by molar-refractivity contribution is 6.31. The number of carbonyl (C=O) groups excluding carboxylic acids is 2. The maximum atomic E-state index is 13.7. The summed E-state index contributed by atoms with van der Waals surface area (Å²) in [5, 5.41) is 2.33. The molecular weight excluding hydrogens is 467 g/mol. The van der Waals surface area contributed by atoms with Crippen LogP contribution >= 0.6 is 23.2 Å². The van der Waals surface area contributed by atoms with Crippen molar-refractivity contribution in [1.82, 2.24) is 9.47 Å². The van der Waals surface area contributed by atoms with Crippen LogP contribution < -0.4 is 0 Å². The number of carbonyl (C=O) groups is 2. The predicted octanol–water partition coefficient (Wildman–Crippen LogP) is 6.88. The first kappa shape index (κ1) is 24.8. The first-order chi connectivity index (χ1) is 16.5. The van der Waals surface area contributed by atoms with Gasteiger partial charge in [0.05, 0.1) is 5.56 Å². The Morgan fingerprint density at radius 3 is 2.56 bits per heavy atom. The normalized spacial score (nSPS) is 16.2. The lowest BCUT2D eigenvalue weighted by atomic mass is 9.97. The SMILES string of the molecule is Cn1c(CCCCCCc2cccc(Cl)c2)c(C(=O)N2CCC[C@@H](C=O)C2)c2cc(Cl)ccc21. The molecule has 4 nitrogen and oxygen atoms in total. The fourth-order valence-electron chi connectivity index (χ4n) is 5.13. The van der Waals surface area contributed by atoms with Gasteiger partial charge in [-0.1, -0.05) is 48.2 Å². The number of hydrogen-bond donors (Lipinski definition) is 0. The fourth-order valence-corrected chi connectivity index (χ4v) is 5.52. The number of hydrogen-bond acceptors (Lipinski definition) is 2. The van der Waals surface area contributed by atoms with Gasteiger partial charge in [0.2, 0.25) is 0 Å². The number of aromatic nitrogens is 1. The molecule has 1 saturated heterocycles. The van der Waals surface area contributed by atoms with E-state index in [0.29, 0.717) is 18.1 Å². The number of likely N-dealkylation sites (tertiary alicyclic amines) is 1. The summed E-state index contributed by atoms with van der Waals surface area (Å²) < 4.78 is 2.14. The molecule has 2 aromatic carbocycles. The molecule has 0 spiro atoms. The molecule has 0 N–H and O–H groups in total. The Kier molecular flexibility index (Phi) is 8.33. The summed E-state index contributed by atoms with van der Waals surface area (Å²) in [4.78, 5) is 26.9. The van der Waals surface area contributed by atoms with E-state index in [0.717, 1.165) is 84.8 Å². The van der Waals surface area contributed by atoms with Gasteiger partial charge in [-0.05, 0) is 74.4 Å². The number of halogens is 2. The third kappa shape index (κ3) is 5.67. The third-order valence-corrected chi connectivity index (χ3v) is 7.42. The topological polar surface area (TPSA) is 42.3 Å². The molecule has 180 valence electrons. The maximum absolute atomic E-state index is 13.7. The number of piperidine rings is 1. The molecule has 1 aromatic heterocycles. The summed E-state index contributed by atoms with van der Waals surface area (Å²) in [7, 11) is 2.03. The van der Waals surface area contributed by atoms with Crippen molar-refractivity contribution in [3.8, 4) is 0 Å². The lowest BCUT2D eigenvalue weighted by molar-refractivity contribution is -0.112. The van der Waals surface area contributed by atoms with E-state index in [-0.39, 0.29) is 11.8 Å². The maximum Gasteiger partial charge on any atom is 0.256 e. The second-order valence-electron chi connectivity index (χ2n) is 9.38. The largest absolute Gasteiger partial charge is 0.347 e. The van der Waals surface area contributed by atoms with Crippen molar-refractivity contribution in [3.63, 3.8) is 0 Å². The minimum Gasteiger partial charge on any atom is -0.347 e. The van der Waals surface area contributed by atoms with E-state index in [2.05, 4.69) is 10.6 Å². The molecule has 0 aliphatic carbocycles. The van der Waals surface area contributed by atoms with E-state index in [4.69, 9.17) is 23.2 Å². The number of aldehydes is 1. The number of benzene rings is 2. The molecule has 0 unspecified atom stereocenters. The molecule has 4 rings (SSSR count). The molecule has 2 heterocycles.